The minimum Gasteiger partial charge on any atom is -0.497 e. The molecule has 1 aromatic rings. The van der Waals surface area contributed by atoms with Gasteiger partial charge in [-0.3, -0.25) is 0 Å². The lowest BCUT2D eigenvalue weighted by molar-refractivity contribution is 0.249. The van der Waals surface area contributed by atoms with Crippen molar-refractivity contribution in [2.24, 2.45) is 0 Å². The van der Waals surface area contributed by atoms with Crippen LogP contribution in [0.4, 0.5) is 0 Å². The van der Waals surface area contributed by atoms with Crippen molar-refractivity contribution in [3.8, 4) is 5.75 Å². The van der Waals surface area contributed by atoms with E-state index in [1.165, 1.54) is 18.4 Å². The van der Waals surface area contributed by atoms with Crippen molar-refractivity contribution in [1.29, 1.82) is 0 Å². The van der Waals surface area contributed by atoms with E-state index in [0.29, 0.717) is 6.04 Å². The maximum Gasteiger partial charge on any atom is 0.118 e. The van der Waals surface area contributed by atoms with Gasteiger partial charge < -0.3 is 15.4 Å². The zero-order valence-corrected chi connectivity index (χ0v) is 12.3. The first kappa shape index (κ1) is 14.4. The molecule has 0 bridgehead atoms. The number of piperidine rings is 1. The topological polar surface area (TPSA) is 33.3 Å². The Morgan fingerprint density at radius 3 is 2.68 bits per heavy atom. The summed E-state index contributed by atoms with van der Waals surface area (Å²) in [5.41, 5.74) is 1.64. The Hall–Kier alpha value is -1.06. The van der Waals surface area contributed by atoms with E-state index in [2.05, 4.69) is 36.6 Å². The van der Waals surface area contributed by atoms with Gasteiger partial charge in [0.1, 0.15) is 5.75 Å². The van der Waals surface area contributed by atoms with Gasteiger partial charge in [-0.15, -0.1) is 0 Å². The summed E-state index contributed by atoms with van der Waals surface area (Å²) in [7, 11) is 1.70. The van der Waals surface area contributed by atoms with Crippen LogP contribution in [-0.4, -0.2) is 31.8 Å². The number of hydrogen-bond acceptors (Lipinski definition) is 3. The smallest absolute Gasteiger partial charge is 0.118 e. The molecule has 1 aliphatic rings. The predicted molar refractivity (Wildman–Crippen MR) is 79.8 cm³/mol. The summed E-state index contributed by atoms with van der Waals surface area (Å²) in [5, 5.41) is 7.24. The van der Waals surface area contributed by atoms with Gasteiger partial charge in [-0.05, 0) is 63.9 Å². The van der Waals surface area contributed by atoms with Gasteiger partial charge in [0.2, 0.25) is 0 Å². The van der Waals surface area contributed by atoms with Gasteiger partial charge in [-0.2, -0.15) is 0 Å². The van der Waals surface area contributed by atoms with Crippen molar-refractivity contribution >= 4 is 0 Å². The molecule has 2 N–H and O–H groups in total. The van der Waals surface area contributed by atoms with E-state index in [0.717, 1.165) is 25.3 Å². The van der Waals surface area contributed by atoms with Crippen LogP contribution < -0.4 is 15.4 Å². The van der Waals surface area contributed by atoms with E-state index in [9.17, 15) is 0 Å². The third-order valence-electron chi connectivity index (χ3n) is 3.86. The van der Waals surface area contributed by atoms with Crippen LogP contribution in [0.5, 0.6) is 5.75 Å². The number of methoxy groups -OCH3 is 1. The minimum atomic E-state index is 0.274. The lowest BCUT2D eigenvalue weighted by Crippen LogP contribution is -2.52. The Morgan fingerprint density at radius 1 is 1.32 bits per heavy atom. The highest BCUT2D eigenvalue weighted by Gasteiger charge is 2.26. The van der Waals surface area contributed by atoms with E-state index >= 15 is 0 Å². The molecule has 19 heavy (non-hydrogen) atoms. The van der Waals surface area contributed by atoms with Gasteiger partial charge >= 0.3 is 0 Å². The molecule has 0 aliphatic carbocycles. The lowest BCUT2D eigenvalue weighted by atomic mass is 9.89. The second-order valence-corrected chi connectivity index (χ2v) is 6.05. The van der Waals surface area contributed by atoms with Gasteiger partial charge in [0.05, 0.1) is 7.11 Å². The first-order valence-electron chi connectivity index (χ1n) is 7.20. The fourth-order valence-electron chi connectivity index (χ4n) is 2.76. The van der Waals surface area contributed by atoms with Crippen molar-refractivity contribution in [1.82, 2.24) is 10.6 Å². The predicted octanol–water partition coefficient (Wildman–Crippen LogP) is 2.36. The fourth-order valence-corrected chi connectivity index (χ4v) is 2.76. The Kier molecular flexibility index (Phi) is 4.83. The van der Waals surface area contributed by atoms with E-state index in [1.807, 2.05) is 12.1 Å². The van der Waals surface area contributed by atoms with Crippen LogP contribution in [0.15, 0.2) is 24.3 Å². The zero-order chi connectivity index (χ0) is 13.7. The number of nitrogens with one attached hydrogen (secondary N) is 2. The molecule has 0 amide bonds. The Morgan fingerprint density at radius 2 is 2.05 bits per heavy atom. The van der Waals surface area contributed by atoms with Gasteiger partial charge in [-0.25, -0.2) is 0 Å². The van der Waals surface area contributed by atoms with Crippen molar-refractivity contribution in [3.63, 3.8) is 0 Å². The molecular formula is C16H26N2O. The van der Waals surface area contributed by atoms with E-state index in [1.54, 1.807) is 7.11 Å². The molecule has 1 atom stereocenters. The summed E-state index contributed by atoms with van der Waals surface area (Å²) >= 11 is 0. The van der Waals surface area contributed by atoms with Gasteiger partial charge in [0.25, 0.3) is 0 Å². The summed E-state index contributed by atoms with van der Waals surface area (Å²) in [5.74, 6) is 0.928. The Balaban J connectivity index is 1.73. The van der Waals surface area contributed by atoms with Crippen molar-refractivity contribution < 1.29 is 4.74 Å². The Bertz CT molecular complexity index is 386. The van der Waals surface area contributed by atoms with Crippen LogP contribution in [0.2, 0.25) is 0 Å². The highest BCUT2D eigenvalue weighted by molar-refractivity contribution is 5.27. The first-order chi connectivity index (χ1) is 9.09. The fraction of sp³-hybridized carbons (Fsp3) is 0.625. The summed E-state index contributed by atoms with van der Waals surface area (Å²) in [4.78, 5) is 0. The average molecular weight is 262 g/mol. The third-order valence-corrected chi connectivity index (χ3v) is 3.86. The monoisotopic (exact) mass is 262 g/mol. The lowest BCUT2D eigenvalue weighted by Gasteiger charge is -2.37. The highest BCUT2D eigenvalue weighted by atomic mass is 16.5. The number of hydrogen-bond donors (Lipinski definition) is 2. The largest absolute Gasteiger partial charge is 0.497 e. The number of ether oxygens (including phenoxy) is 1. The first-order valence-corrected chi connectivity index (χ1v) is 7.20. The molecule has 0 spiro atoms. The maximum absolute atomic E-state index is 5.17. The molecule has 0 aromatic heterocycles. The van der Waals surface area contributed by atoms with Gasteiger partial charge in [-0.1, -0.05) is 12.1 Å². The molecule has 0 saturated carbocycles. The van der Waals surface area contributed by atoms with E-state index in [4.69, 9.17) is 4.74 Å². The molecule has 1 heterocycles. The van der Waals surface area contributed by atoms with E-state index < -0.39 is 0 Å². The minimum absolute atomic E-state index is 0.274. The van der Waals surface area contributed by atoms with Crippen LogP contribution in [0.1, 0.15) is 32.3 Å². The molecule has 2 rings (SSSR count). The van der Waals surface area contributed by atoms with Crippen LogP contribution in [0.25, 0.3) is 0 Å². The van der Waals surface area contributed by atoms with Crippen molar-refractivity contribution in [3.05, 3.63) is 29.8 Å². The maximum atomic E-state index is 5.17. The standard InChI is InChI=1S/C16H26N2O/c1-16(2)12-14(9-11-18-16)17-10-8-13-4-6-15(19-3)7-5-13/h4-7,14,17-18H,8-12H2,1-3H3. The quantitative estimate of drug-likeness (QED) is 0.854. The molecule has 106 valence electrons. The molecule has 1 saturated heterocycles. The molecule has 1 fully saturated rings. The number of benzene rings is 1. The van der Waals surface area contributed by atoms with Crippen LogP contribution in [0, 0.1) is 0 Å². The molecule has 1 aliphatic heterocycles. The molecule has 0 radical (unpaired) electrons. The zero-order valence-electron chi connectivity index (χ0n) is 12.3. The normalized spacial score (nSPS) is 22.2. The van der Waals surface area contributed by atoms with Crippen LogP contribution in [0.3, 0.4) is 0 Å². The van der Waals surface area contributed by atoms with Gasteiger partial charge in [0.15, 0.2) is 0 Å². The van der Waals surface area contributed by atoms with Crippen LogP contribution >= 0.6 is 0 Å². The van der Waals surface area contributed by atoms with Crippen molar-refractivity contribution in [2.75, 3.05) is 20.2 Å². The second kappa shape index (κ2) is 6.40. The Labute approximate surface area is 116 Å². The molecular weight excluding hydrogens is 236 g/mol. The van der Waals surface area contributed by atoms with E-state index in [-0.39, 0.29) is 5.54 Å². The summed E-state index contributed by atoms with van der Waals surface area (Å²) in [6.07, 6.45) is 3.51. The molecule has 3 heteroatoms. The molecule has 1 unspecified atom stereocenters. The second-order valence-electron chi connectivity index (χ2n) is 6.05. The molecule has 3 nitrogen and oxygen atoms in total. The van der Waals surface area contributed by atoms with Crippen LogP contribution in [-0.2, 0) is 6.42 Å². The SMILES string of the molecule is COc1ccc(CCNC2CCNC(C)(C)C2)cc1. The summed E-state index contributed by atoms with van der Waals surface area (Å²) in [6, 6.07) is 9.00. The van der Waals surface area contributed by atoms with Gasteiger partial charge in [0, 0.05) is 11.6 Å². The number of rotatable bonds is 5. The van der Waals surface area contributed by atoms with Crippen molar-refractivity contribution in [2.45, 2.75) is 44.7 Å². The summed E-state index contributed by atoms with van der Waals surface area (Å²) < 4.78 is 5.17. The average Bonchev–Trinajstić information content (AvgIpc) is 2.38. The summed E-state index contributed by atoms with van der Waals surface area (Å²) in [6.45, 7) is 6.73. The highest BCUT2D eigenvalue weighted by Crippen LogP contribution is 2.18. The molecule has 1 aromatic carbocycles. The third kappa shape index (κ3) is 4.51.